The van der Waals surface area contributed by atoms with Gasteiger partial charge in [0.15, 0.2) is 0 Å². The predicted octanol–water partition coefficient (Wildman–Crippen LogP) is 3.55. The summed E-state index contributed by atoms with van der Waals surface area (Å²) in [6.45, 7) is 2.75. The summed E-state index contributed by atoms with van der Waals surface area (Å²) in [6, 6.07) is 4.74. The van der Waals surface area contributed by atoms with Gasteiger partial charge in [-0.3, -0.25) is 0 Å². The number of rotatable bonds is 5. The molecule has 1 aromatic rings. The van der Waals surface area contributed by atoms with Crippen LogP contribution in [0.3, 0.4) is 0 Å². The highest BCUT2D eigenvalue weighted by molar-refractivity contribution is 9.10. The van der Waals surface area contributed by atoms with Crippen molar-refractivity contribution in [2.45, 2.75) is 32.2 Å². The molecule has 6 heteroatoms. The third-order valence-corrected chi connectivity index (χ3v) is 3.86. The Hall–Kier alpha value is -1.56. The number of halogens is 1. The van der Waals surface area contributed by atoms with E-state index in [1.54, 1.807) is 6.07 Å². The molecule has 0 bridgehead atoms. The summed E-state index contributed by atoms with van der Waals surface area (Å²) in [5.41, 5.74) is 0.633. The van der Waals surface area contributed by atoms with E-state index >= 15 is 0 Å². The molecular weight excluding hydrogens is 324 g/mol. The Bertz CT molecular complexity index is 529. The van der Waals surface area contributed by atoms with Crippen LogP contribution in [0.2, 0.25) is 0 Å². The van der Waals surface area contributed by atoms with Gasteiger partial charge in [-0.1, -0.05) is 6.92 Å². The SMILES string of the molecule is CCCN(C(=O)Nc1cc(C(=O)O)ccc1Br)C1CC1. The van der Waals surface area contributed by atoms with Crippen LogP contribution in [-0.4, -0.2) is 34.6 Å². The summed E-state index contributed by atoms with van der Waals surface area (Å²) in [5, 5.41) is 11.8. The van der Waals surface area contributed by atoms with Gasteiger partial charge >= 0.3 is 12.0 Å². The van der Waals surface area contributed by atoms with Crippen molar-refractivity contribution in [1.29, 1.82) is 0 Å². The van der Waals surface area contributed by atoms with Crippen LogP contribution in [0.25, 0.3) is 0 Å². The number of hydrogen-bond acceptors (Lipinski definition) is 2. The van der Waals surface area contributed by atoms with Crippen molar-refractivity contribution in [3.8, 4) is 0 Å². The summed E-state index contributed by atoms with van der Waals surface area (Å²) in [7, 11) is 0. The molecule has 1 saturated carbocycles. The summed E-state index contributed by atoms with van der Waals surface area (Å²) >= 11 is 3.32. The van der Waals surface area contributed by atoms with Crippen LogP contribution >= 0.6 is 15.9 Å². The van der Waals surface area contributed by atoms with E-state index in [4.69, 9.17) is 5.11 Å². The summed E-state index contributed by atoms with van der Waals surface area (Å²) in [5.74, 6) is -1.01. The minimum atomic E-state index is -1.01. The van der Waals surface area contributed by atoms with Crippen molar-refractivity contribution in [3.05, 3.63) is 28.2 Å². The Morgan fingerprint density at radius 1 is 1.45 bits per heavy atom. The standard InChI is InChI=1S/C14H17BrN2O3/c1-2-7-17(10-4-5-10)14(20)16-12-8-9(13(18)19)3-6-11(12)15/h3,6,8,10H,2,4-5,7H2,1H3,(H,16,20)(H,18,19). The zero-order valence-corrected chi connectivity index (χ0v) is 12.8. The molecule has 0 saturated heterocycles. The van der Waals surface area contributed by atoms with E-state index in [9.17, 15) is 9.59 Å². The van der Waals surface area contributed by atoms with E-state index in [1.165, 1.54) is 12.1 Å². The summed E-state index contributed by atoms with van der Waals surface area (Å²) in [6.07, 6.45) is 2.99. The lowest BCUT2D eigenvalue weighted by Crippen LogP contribution is -2.37. The van der Waals surface area contributed by atoms with Crippen molar-refractivity contribution >= 4 is 33.6 Å². The molecule has 5 nitrogen and oxygen atoms in total. The molecule has 108 valence electrons. The quantitative estimate of drug-likeness (QED) is 0.860. The Labute approximate surface area is 126 Å². The minimum Gasteiger partial charge on any atom is -0.478 e. The smallest absolute Gasteiger partial charge is 0.335 e. The van der Waals surface area contributed by atoms with Crippen LogP contribution in [-0.2, 0) is 0 Å². The number of carbonyl (C=O) groups excluding carboxylic acids is 1. The molecule has 1 aliphatic rings. The molecule has 0 spiro atoms. The number of urea groups is 1. The number of anilines is 1. The number of carbonyl (C=O) groups is 2. The number of carboxylic acid groups (broad SMARTS) is 1. The normalized spacial score (nSPS) is 13.9. The van der Waals surface area contributed by atoms with Gasteiger partial charge in [-0.25, -0.2) is 9.59 Å². The van der Waals surface area contributed by atoms with Crippen LogP contribution in [0.5, 0.6) is 0 Å². The highest BCUT2D eigenvalue weighted by Gasteiger charge is 2.32. The Morgan fingerprint density at radius 3 is 2.70 bits per heavy atom. The molecule has 2 amide bonds. The second-order valence-corrected chi connectivity index (χ2v) is 5.71. The van der Waals surface area contributed by atoms with Gasteiger partial charge in [-0.2, -0.15) is 0 Å². The van der Waals surface area contributed by atoms with Crippen molar-refractivity contribution in [2.75, 3.05) is 11.9 Å². The molecule has 0 atom stereocenters. The molecule has 1 fully saturated rings. The minimum absolute atomic E-state index is 0.150. The van der Waals surface area contributed by atoms with E-state index in [2.05, 4.69) is 21.2 Å². The summed E-state index contributed by atoms with van der Waals surface area (Å²) < 4.78 is 0.670. The third-order valence-electron chi connectivity index (χ3n) is 3.17. The number of benzene rings is 1. The van der Waals surface area contributed by atoms with Gasteiger partial charge in [0.1, 0.15) is 0 Å². The zero-order chi connectivity index (χ0) is 14.7. The lowest BCUT2D eigenvalue weighted by atomic mass is 10.2. The molecule has 0 radical (unpaired) electrons. The average molecular weight is 341 g/mol. The van der Waals surface area contributed by atoms with Gasteiger partial charge in [0.05, 0.1) is 11.3 Å². The van der Waals surface area contributed by atoms with Crippen molar-refractivity contribution in [3.63, 3.8) is 0 Å². The van der Waals surface area contributed by atoms with Gasteiger partial charge in [0.2, 0.25) is 0 Å². The van der Waals surface area contributed by atoms with Crippen LogP contribution in [0.1, 0.15) is 36.5 Å². The molecule has 0 heterocycles. The number of aromatic carboxylic acids is 1. The Balaban J connectivity index is 2.13. The third kappa shape index (κ3) is 3.50. The lowest BCUT2D eigenvalue weighted by Gasteiger charge is -2.22. The fraction of sp³-hybridized carbons (Fsp3) is 0.429. The molecule has 0 unspecified atom stereocenters. The zero-order valence-electron chi connectivity index (χ0n) is 11.2. The van der Waals surface area contributed by atoms with Crippen LogP contribution in [0, 0.1) is 0 Å². The van der Waals surface area contributed by atoms with Gasteiger partial charge in [0.25, 0.3) is 0 Å². The van der Waals surface area contributed by atoms with Gasteiger partial charge in [-0.15, -0.1) is 0 Å². The topological polar surface area (TPSA) is 69.6 Å². The highest BCUT2D eigenvalue weighted by atomic mass is 79.9. The second-order valence-electron chi connectivity index (χ2n) is 4.85. The number of amides is 2. The first-order chi connectivity index (χ1) is 9.52. The Morgan fingerprint density at radius 2 is 2.15 bits per heavy atom. The van der Waals surface area contributed by atoms with Crippen molar-refractivity contribution in [1.82, 2.24) is 4.90 Å². The highest BCUT2D eigenvalue weighted by Crippen LogP contribution is 2.29. The second kappa shape index (κ2) is 6.26. The van der Waals surface area contributed by atoms with Crippen LogP contribution < -0.4 is 5.32 Å². The van der Waals surface area contributed by atoms with Gasteiger partial charge < -0.3 is 15.3 Å². The molecule has 20 heavy (non-hydrogen) atoms. The van der Waals surface area contributed by atoms with E-state index in [0.29, 0.717) is 22.7 Å². The lowest BCUT2D eigenvalue weighted by molar-refractivity contribution is 0.0697. The number of nitrogens with one attached hydrogen (secondary N) is 1. The van der Waals surface area contributed by atoms with Gasteiger partial charge in [-0.05, 0) is 53.4 Å². The molecule has 1 aliphatic carbocycles. The van der Waals surface area contributed by atoms with E-state index < -0.39 is 5.97 Å². The Kier molecular flexibility index (Phi) is 4.65. The van der Waals surface area contributed by atoms with Crippen molar-refractivity contribution < 1.29 is 14.7 Å². The van der Waals surface area contributed by atoms with E-state index in [1.807, 2.05) is 11.8 Å². The maximum atomic E-state index is 12.3. The number of hydrogen-bond donors (Lipinski definition) is 2. The largest absolute Gasteiger partial charge is 0.478 e. The summed E-state index contributed by atoms with van der Waals surface area (Å²) in [4.78, 5) is 25.0. The monoisotopic (exact) mass is 340 g/mol. The molecule has 0 aliphatic heterocycles. The fourth-order valence-corrected chi connectivity index (χ4v) is 2.36. The average Bonchev–Trinajstić information content (AvgIpc) is 3.22. The molecule has 1 aromatic carbocycles. The first kappa shape index (κ1) is 14.8. The fourth-order valence-electron chi connectivity index (χ4n) is 2.02. The molecule has 2 rings (SSSR count). The molecule has 2 N–H and O–H groups in total. The maximum absolute atomic E-state index is 12.3. The number of carboxylic acids is 1. The van der Waals surface area contributed by atoms with Crippen LogP contribution in [0.15, 0.2) is 22.7 Å². The predicted molar refractivity (Wildman–Crippen MR) is 80.1 cm³/mol. The first-order valence-electron chi connectivity index (χ1n) is 6.63. The van der Waals surface area contributed by atoms with Crippen LogP contribution in [0.4, 0.5) is 10.5 Å². The molecule has 0 aromatic heterocycles. The number of nitrogens with zero attached hydrogens (tertiary/aromatic N) is 1. The molecular formula is C14H17BrN2O3. The van der Waals surface area contributed by atoms with E-state index in [-0.39, 0.29) is 11.6 Å². The maximum Gasteiger partial charge on any atom is 0.335 e. The first-order valence-corrected chi connectivity index (χ1v) is 7.42. The van der Waals surface area contributed by atoms with E-state index in [0.717, 1.165) is 19.3 Å². The van der Waals surface area contributed by atoms with Gasteiger partial charge in [0, 0.05) is 17.1 Å². The van der Waals surface area contributed by atoms with Crippen molar-refractivity contribution in [2.24, 2.45) is 0 Å².